The summed E-state index contributed by atoms with van der Waals surface area (Å²) >= 11 is 0. The van der Waals surface area contributed by atoms with Gasteiger partial charge in [-0.2, -0.15) is 5.10 Å². The number of hydrogen-bond acceptors (Lipinski definition) is 1. The predicted molar refractivity (Wildman–Crippen MR) is 46.6 cm³/mol. The van der Waals surface area contributed by atoms with Crippen molar-refractivity contribution in [2.24, 2.45) is 7.05 Å². The van der Waals surface area contributed by atoms with E-state index in [9.17, 15) is 0 Å². The monoisotopic (exact) mass is 152 g/mol. The molecule has 1 heterocycles. The molecule has 1 aromatic heterocycles. The van der Waals surface area contributed by atoms with Crippen molar-refractivity contribution in [3.05, 3.63) is 17.5 Å². The van der Waals surface area contributed by atoms with Crippen LogP contribution in [-0.2, 0) is 12.5 Å². The lowest BCUT2D eigenvalue weighted by Gasteiger charge is -2.13. The smallest absolute Gasteiger partial charge is 0.0680 e. The molecule has 0 atom stereocenters. The van der Waals surface area contributed by atoms with E-state index >= 15 is 0 Å². The summed E-state index contributed by atoms with van der Waals surface area (Å²) in [7, 11) is 1.98. The average molecular weight is 152 g/mol. The SMILES string of the molecule is Cc1cc(C(C)(C)C)nn1C. The van der Waals surface area contributed by atoms with Crippen LogP contribution < -0.4 is 0 Å². The maximum absolute atomic E-state index is 4.40. The third kappa shape index (κ3) is 1.62. The van der Waals surface area contributed by atoms with Gasteiger partial charge < -0.3 is 0 Å². The molecule has 0 aliphatic carbocycles. The minimum Gasteiger partial charge on any atom is -0.273 e. The van der Waals surface area contributed by atoms with Crippen LogP contribution in [0.5, 0.6) is 0 Å². The van der Waals surface area contributed by atoms with E-state index in [1.54, 1.807) is 0 Å². The van der Waals surface area contributed by atoms with Crippen LogP contribution in [-0.4, -0.2) is 9.78 Å². The van der Waals surface area contributed by atoms with Crippen LogP contribution in [0.1, 0.15) is 32.2 Å². The second-order valence-electron chi connectivity index (χ2n) is 4.04. The molecule has 0 N–H and O–H groups in total. The Balaban J connectivity index is 3.08. The van der Waals surface area contributed by atoms with Crippen LogP contribution in [0.4, 0.5) is 0 Å². The predicted octanol–water partition coefficient (Wildman–Crippen LogP) is 2.03. The molecule has 62 valence electrons. The molecule has 0 spiro atoms. The fourth-order valence-corrected chi connectivity index (χ4v) is 0.927. The summed E-state index contributed by atoms with van der Waals surface area (Å²) in [5, 5.41) is 4.40. The number of aromatic nitrogens is 2. The molecule has 0 aliphatic rings. The van der Waals surface area contributed by atoms with Crippen molar-refractivity contribution in [2.75, 3.05) is 0 Å². The normalized spacial score (nSPS) is 12.1. The Kier molecular flexibility index (Phi) is 1.78. The van der Waals surface area contributed by atoms with Crippen LogP contribution in [0.3, 0.4) is 0 Å². The van der Waals surface area contributed by atoms with Crippen LogP contribution in [0.15, 0.2) is 6.07 Å². The molecule has 1 aromatic rings. The zero-order valence-corrected chi connectivity index (χ0v) is 7.97. The number of aryl methyl sites for hydroxylation is 2. The molecule has 0 radical (unpaired) electrons. The van der Waals surface area contributed by atoms with Crippen molar-refractivity contribution >= 4 is 0 Å². The Morgan fingerprint density at radius 1 is 1.36 bits per heavy atom. The van der Waals surface area contributed by atoms with Gasteiger partial charge in [0.25, 0.3) is 0 Å². The molecular weight excluding hydrogens is 136 g/mol. The first-order valence-corrected chi connectivity index (χ1v) is 3.92. The van der Waals surface area contributed by atoms with E-state index in [0.717, 1.165) is 5.69 Å². The molecule has 2 heteroatoms. The minimum atomic E-state index is 0.173. The van der Waals surface area contributed by atoms with Crippen LogP contribution in [0.25, 0.3) is 0 Å². The largest absolute Gasteiger partial charge is 0.273 e. The fraction of sp³-hybridized carbons (Fsp3) is 0.667. The number of hydrogen-bond donors (Lipinski definition) is 0. The lowest BCUT2D eigenvalue weighted by molar-refractivity contribution is 0.552. The van der Waals surface area contributed by atoms with E-state index in [1.165, 1.54) is 5.69 Å². The molecule has 2 nitrogen and oxygen atoms in total. The molecule has 11 heavy (non-hydrogen) atoms. The van der Waals surface area contributed by atoms with Gasteiger partial charge in [0, 0.05) is 18.2 Å². The van der Waals surface area contributed by atoms with Crippen molar-refractivity contribution in [1.82, 2.24) is 9.78 Å². The third-order valence-corrected chi connectivity index (χ3v) is 1.88. The zero-order valence-electron chi connectivity index (χ0n) is 7.97. The van der Waals surface area contributed by atoms with Crippen molar-refractivity contribution in [1.29, 1.82) is 0 Å². The van der Waals surface area contributed by atoms with Crippen molar-refractivity contribution in [3.8, 4) is 0 Å². The number of rotatable bonds is 0. The van der Waals surface area contributed by atoms with E-state index in [2.05, 4.69) is 38.9 Å². The lowest BCUT2D eigenvalue weighted by atomic mass is 9.92. The van der Waals surface area contributed by atoms with Gasteiger partial charge >= 0.3 is 0 Å². The fourth-order valence-electron chi connectivity index (χ4n) is 0.927. The van der Waals surface area contributed by atoms with Gasteiger partial charge in [0.2, 0.25) is 0 Å². The van der Waals surface area contributed by atoms with Crippen molar-refractivity contribution in [3.63, 3.8) is 0 Å². The molecule has 1 rings (SSSR count). The number of nitrogens with zero attached hydrogens (tertiary/aromatic N) is 2. The quantitative estimate of drug-likeness (QED) is 0.556. The second-order valence-corrected chi connectivity index (χ2v) is 4.04. The topological polar surface area (TPSA) is 17.8 Å². The molecular formula is C9H16N2. The average Bonchev–Trinajstić information content (AvgIpc) is 2.11. The van der Waals surface area contributed by atoms with Gasteiger partial charge in [-0.1, -0.05) is 20.8 Å². The van der Waals surface area contributed by atoms with Crippen LogP contribution in [0.2, 0.25) is 0 Å². The standard InChI is InChI=1S/C9H16N2/c1-7-6-8(9(2,3)4)10-11(7)5/h6H,1-5H3. The van der Waals surface area contributed by atoms with E-state index in [-0.39, 0.29) is 5.41 Å². The maximum Gasteiger partial charge on any atom is 0.0680 e. The third-order valence-electron chi connectivity index (χ3n) is 1.88. The molecule has 0 bridgehead atoms. The highest BCUT2D eigenvalue weighted by atomic mass is 15.3. The Hall–Kier alpha value is -0.790. The summed E-state index contributed by atoms with van der Waals surface area (Å²) < 4.78 is 1.92. The Bertz CT molecular complexity index is 234. The van der Waals surface area contributed by atoms with E-state index in [0.29, 0.717) is 0 Å². The second kappa shape index (κ2) is 2.36. The van der Waals surface area contributed by atoms with Crippen LogP contribution >= 0.6 is 0 Å². The summed E-state index contributed by atoms with van der Waals surface area (Å²) in [6.45, 7) is 8.60. The van der Waals surface area contributed by atoms with Gasteiger partial charge in [-0.05, 0) is 13.0 Å². The van der Waals surface area contributed by atoms with Crippen LogP contribution in [0, 0.1) is 6.92 Å². The summed E-state index contributed by atoms with van der Waals surface area (Å²) in [6, 6.07) is 2.14. The molecule has 0 amide bonds. The Labute approximate surface area is 68.2 Å². The van der Waals surface area contributed by atoms with Crippen molar-refractivity contribution < 1.29 is 0 Å². The van der Waals surface area contributed by atoms with E-state index < -0.39 is 0 Å². The zero-order chi connectivity index (χ0) is 8.65. The summed E-state index contributed by atoms with van der Waals surface area (Å²) in [5.41, 5.74) is 2.55. The Morgan fingerprint density at radius 2 is 1.91 bits per heavy atom. The highest BCUT2D eigenvalue weighted by Crippen LogP contribution is 2.20. The molecule has 0 saturated carbocycles. The maximum atomic E-state index is 4.40. The highest BCUT2D eigenvalue weighted by Gasteiger charge is 2.17. The van der Waals surface area contributed by atoms with Gasteiger partial charge in [-0.15, -0.1) is 0 Å². The summed E-state index contributed by atoms with van der Waals surface area (Å²) in [4.78, 5) is 0. The highest BCUT2D eigenvalue weighted by molar-refractivity contribution is 5.15. The molecule has 0 fully saturated rings. The van der Waals surface area contributed by atoms with E-state index in [1.807, 2.05) is 11.7 Å². The van der Waals surface area contributed by atoms with Gasteiger partial charge in [0.15, 0.2) is 0 Å². The van der Waals surface area contributed by atoms with Gasteiger partial charge in [-0.3, -0.25) is 4.68 Å². The lowest BCUT2D eigenvalue weighted by Crippen LogP contribution is -2.12. The molecule has 0 aliphatic heterocycles. The van der Waals surface area contributed by atoms with E-state index in [4.69, 9.17) is 0 Å². The summed E-state index contributed by atoms with van der Waals surface area (Å²) in [5.74, 6) is 0. The molecule has 0 saturated heterocycles. The first-order chi connectivity index (χ1) is 4.91. The van der Waals surface area contributed by atoms with Gasteiger partial charge in [-0.25, -0.2) is 0 Å². The first kappa shape index (κ1) is 8.31. The molecule has 0 unspecified atom stereocenters. The summed E-state index contributed by atoms with van der Waals surface area (Å²) in [6.07, 6.45) is 0. The first-order valence-electron chi connectivity index (χ1n) is 3.92. The minimum absolute atomic E-state index is 0.173. The van der Waals surface area contributed by atoms with Gasteiger partial charge in [0.1, 0.15) is 0 Å². The van der Waals surface area contributed by atoms with Crippen molar-refractivity contribution in [2.45, 2.75) is 33.1 Å². The Morgan fingerprint density at radius 3 is 2.09 bits per heavy atom. The van der Waals surface area contributed by atoms with Gasteiger partial charge in [0.05, 0.1) is 5.69 Å². The molecule has 0 aromatic carbocycles.